The third-order valence-corrected chi connectivity index (χ3v) is 5.05. The van der Waals surface area contributed by atoms with E-state index in [2.05, 4.69) is 23.8 Å². The highest BCUT2D eigenvalue weighted by Gasteiger charge is 2.38. The molecule has 3 rings (SSSR count). The Morgan fingerprint density at radius 1 is 1.26 bits per heavy atom. The molecule has 0 bridgehead atoms. The molecule has 0 amide bonds. The maximum Gasteiger partial charge on any atom is 0.306 e. The Bertz CT molecular complexity index is 669. The van der Waals surface area contributed by atoms with Gasteiger partial charge in [-0.1, -0.05) is 6.92 Å². The number of fused-ring (bicyclic) bond motifs is 1. The van der Waals surface area contributed by atoms with Crippen LogP contribution in [0.25, 0.3) is 0 Å². The van der Waals surface area contributed by atoms with E-state index in [-0.39, 0.29) is 12.1 Å². The largest absolute Gasteiger partial charge is 0.474 e. The fourth-order valence-electron chi connectivity index (χ4n) is 3.34. The molecule has 0 spiro atoms. The van der Waals surface area contributed by atoms with Crippen LogP contribution >= 0.6 is 0 Å². The van der Waals surface area contributed by atoms with Crippen LogP contribution < -0.4 is 8.92 Å². The van der Waals surface area contributed by atoms with E-state index in [1.807, 2.05) is 6.07 Å². The average Bonchev–Trinajstić information content (AvgIpc) is 2.84. The minimum atomic E-state index is -3.52. The summed E-state index contributed by atoms with van der Waals surface area (Å²) in [4.78, 5) is 4.70. The Morgan fingerprint density at radius 3 is 2.57 bits per heavy atom. The normalized spacial score (nSPS) is 25.9. The summed E-state index contributed by atoms with van der Waals surface area (Å²) in [7, 11) is -1.38. The van der Waals surface area contributed by atoms with Crippen molar-refractivity contribution in [3.05, 3.63) is 23.8 Å². The quantitative estimate of drug-likeness (QED) is 0.774. The second-order valence-corrected chi connectivity index (χ2v) is 7.92. The summed E-state index contributed by atoms with van der Waals surface area (Å²) in [6.07, 6.45) is 2.02. The Kier molecular flexibility index (Phi) is 4.53. The van der Waals surface area contributed by atoms with Crippen LogP contribution in [-0.4, -0.2) is 63.9 Å². The van der Waals surface area contributed by atoms with Crippen LogP contribution in [-0.2, 0) is 10.1 Å². The molecule has 2 atom stereocenters. The molecule has 1 aromatic rings. The van der Waals surface area contributed by atoms with Gasteiger partial charge < -0.3 is 13.8 Å². The van der Waals surface area contributed by atoms with E-state index in [1.54, 1.807) is 12.1 Å². The van der Waals surface area contributed by atoms with E-state index < -0.39 is 10.1 Å². The van der Waals surface area contributed by atoms with Crippen LogP contribution in [0.15, 0.2) is 18.2 Å². The Balaban J connectivity index is 1.82. The van der Waals surface area contributed by atoms with E-state index in [4.69, 9.17) is 8.92 Å². The van der Waals surface area contributed by atoms with Gasteiger partial charge in [-0.3, -0.25) is 4.90 Å². The molecule has 7 heteroatoms. The van der Waals surface area contributed by atoms with Crippen LogP contribution in [0.3, 0.4) is 0 Å². The van der Waals surface area contributed by atoms with E-state index in [9.17, 15) is 8.42 Å². The third-order valence-electron chi connectivity index (χ3n) is 4.56. The first-order chi connectivity index (χ1) is 10.9. The van der Waals surface area contributed by atoms with Gasteiger partial charge in [0.1, 0.15) is 11.5 Å². The van der Waals surface area contributed by atoms with Crippen LogP contribution in [0.4, 0.5) is 0 Å². The van der Waals surface area contributed by atoms with Gasteiger partial charge in [-0.15, -0.1) is 0 Å². The predicted octanol–water partition coefficient (Wildman–Crippen LogP) is 1.48. The van der Waals surface area contributed by atoms with Crippen molar-refractivity contribution in [2.75, 3.05) is 39.5 Å². The van der Waals surface area contributed by atoms with Gasteiger partial charge >= 0.3 is 10.1 Å². The van der Waals surface area contributed by atoms with Crippen LogP contribution in [0.2, 0.25) is 0 Å². The van der Waals surface area contributed by atoms with E-state index >= 15 is 0 Å². The van der Waals surface area contributed by atoms with Crippen molar-refractivity contribution >= 4 is 10.1 Å². The molecule has 2 aliphatic heterocycles. The van der Waals surface area contributed by atoms with Gasteiger partial charge in [-0.2, -0.15) is 8.42 Å². The molecule has 0 aromatic heterocycles. The summed E-state index contributed by atoms with van der Waals surface area (Å²) in [5, 5.41) is 0. The first-order valence-corrected chi connectivity index (χ1v) is 9.81. The lowest BCUT2D eigenvalue weighted by Gasteiger charge is -2.37. The summed E-state index contributed by atoms with van der Waals surface area (Å²) in [6.45, 7) is 6.18. The molecular weight excluding hydrogens is 316 g/mol. The zero-order valence-electron chi connectivity index (χ0n) is 13.9. The summed E-state index contributed by atoms with van der Waals surface area (Å²) in [5.41, 5.74) is 1.04. The number of benzene rings is 1. The molecule has 2 heterocycles. The molecule has 0 radical (unpaired) electrons. The second kappa shape index (κ2) is 6.30. The lowest BCUT2D eigenvalue weighted by Crippen LogP contribution is -2.51. The number of hydrogen-bond donors (Lipinski definition) is 0. The standard InChI is InChI=1S/C16H24N2O4S/c1-4-13-14-11-12(22-23(3,19)20)5-6-15(14)21-16(13)18-9-7-17(2)8-10-18/h5-6,11,13,16H,4,7-10H2,1-3H3. The fourth-order valence-corrected chi connectivity index (χ4v) is 3.80. The SMILES string of the molecule is CCC1c2cc(OS(C)(=O)=O)ccc2OC1N1CCN(C)CC1. The molecule has 1 fully saturated rings. The third kappa shape index (κ3) is 3.62. The minimum Gasteiger partial charge on any atom is -0.474 e. The van der Waals surface area contributed by atoms with Crippen molar-refractivity contribution in [2.24, 2.45) is 0 Å². The Morgan fingerprint density at radius 2 is 1.96 bits per heavy atom. The molecule has 0 saturated carbocycles. The van der Waals surface area contributed by atoms with Crippen molar-refractivity contribution in [2.45, 2.75) is 25.5 Å². The Labute approximate surface area is 138 Å². The maximum absolute atomic E-state index is 11.3. The number of nitrogens with zero attached hydrogens (tertiary/aromatic N) is 2. The van der Waals surface area contributed by atoms with Crippen molar-refractivity contribution < 1.29 is 17.3 Å². The fraction of sp³-hybridized carbons (Fsp3) is 0.625. The average molecular weight is 340 g/mol. The van der Waals surface area contributed by atoms with Crippen LogP contribution in [0, 0.1) is 0 Å². The summed E-state index contributed by atoms with van der Waals surface area (Å²) in [5.74, 6) is 1.42. The lowest BCUT2D eigenvalue weighted by molar-refractivity contribution is -0.00491. The molecule has 1 aromatic carbocycles. The van der Waals surface area contributed by atoms with Gasteiger partial charge in [0.05, 0.1) is 6.26 Å². The second-order valence-electron chi connectivity index (χ2n) is 6.35. The number of piperazine rings is 1. The summed E-state index contributed by atoms with van der Waals surface area (Å²) >= 11 is 0. The molecule has 1 saturated heterocycles. The smallest absolute Gasteiger partial charge is 0.306 e. The summed E-state index contributed by atoms with van der Waals surface area (Å²) < 4.78 is 33.8. The number of likely N-dealkylation sites (N-methyl/N-ethyl adjacent to an activating group) is 1. The number of hydrogen-bond acceptors (Lipinski definition) is 6. The molecule has 6 nitrogen and oxygen atoms in total. The first-order valence-electron chi connectivity index (χ1n) is 8.00. The molecule has 0 aliphatic carbocycles. The van der Waals surface area contributed by atoms with Gasteiger partial charge in [0.2, 0.25) is 0 Å². The minimum absolute atomic E-state index is 0.0252. The summed E-state index contributed by atoms with van der Waals surface area (Å²) in [6, 6.07) is 5.27. The van der Waals surface area contributed by atoms with Gasteiger partial charge in [0.15, 0.2) is 6.23 Å². The zero-order valence-corrected chi connectivity index (χ0v) is 14.7. The van der Waals surface area contributed by atoms with E-state index in [0.29, 0.717) is 5.75 Å². The van der Waals surface area contributed by atoms with Crippen molar-refractivity contribution in [3.63, 3.8) is 0 Å². The maximum atomic E-state index is 11.3. The highest BCUT2D eigenvalue weighted by molar-refractivity contribution is 7.86. The molecule has 0 N–H and O–H groups in total. The molecule has 2 aliphatic rings. The molecule has 23 heavy (non-hydrogen) atoms. The highest BCUT2D eigenvalue weighted by Crippen LogP contribution is 2.43. The zero-order chi connectivity index (χ0) is 16.6. The van der Waals surface area contributed by atoms with Crippen molar-refractivity contribution in [1.82, 2.24) is 9.80 Å². The van der Waals surface area contributed by atoms with Crippen LogP contribution in [0.1, 0.15) is 24.8 Å². The van der Waals surface area contributed by atoms with Crippen molar-refractivity contribution in [3.8, 4) is 11.5 Å². The van der Waals surface area contributed by atoms with E-state index in [1.165, 1.54) is 0 Å². The first kappa shape index (κ1) is 16.5. The van der Waals surface area contributed by atoms with Crippen LogP contribution in [0.5, 0.6) is 11.5 Å². The number of ether oxygens (including phenoxy) is 1. The van der Waals surface area contributed by atoms with Crippen molar-refractivity contribution in [1.29, 1.82) is 0 Å². The molecule has 128 valence electrons. The van der Waals surface area contributed by atoms with Gasteiger partial charge in [0.25, 0.3) is 0 Å². The monoisotopic (exact) mass is 340 g/mol. The topological polar surface area (TPSA) is 59.1 Å². The Hall–Kier alpha value is -1.31. The number of rotatable bonds is 4. The van der Waals surface area contributed by atoms with Gasteiger partial charge in [-0.25, -0.2) is 0 Å². The van der Waals surface area contributed by atoms with Gasteiger partial charge in [-0.05, 0) is 31.7 Å². The molecule has 2 unspecified atom stereocenters. The van der Waals surface area contributed by atoms with Gasteiger partial charge in [0, 0.05) is 37.7 Å². The molecular formula is C16H24N2O4S. The highest BCUT2D eigenvalue weighted by atomic mass is 32.2. The predicted molar refractivity (Wildman–Crippen MR) is 88.4 cm³/mol. The lowest BCUT2D eigenvalue weighted by atomic mass is 9.95. The van der Waals surface area contributed by atoms with E-state index in [0.717, 1.165) is 50.2 Å².